The van der Waals surface area contributed by atoms with Gasteiger partial charge in [-0.1, -0.05) is 0 Å². The van der Waals surface area contributed by atoms with Crippen LogP contribution in [0.3, 0.4) is 0 Å². The van der Waals surface area contributed by atoms with Crippen molar-refractivity contribution in [3.05, 3.63) is 53.1 Å². The molecule has 3 rings (SSSR count). The summed E-state index contributed by atoms with van der Waals surface area (Å²) in [6.45, 7) is 0.950. The van der Waals surface area contributed by atoms with Crippen molar-refractivity contribution in [1.82, 2.24) is 5.32 Å². The van der Waals surface area contributed by atoms with E-state index in [4.69, 9.17) is 18.9 Å². The summed E-state index contributed by atoms with van der Waals surface area (Å²) >= 11 is 0. The Morgan fingerprint density at radius 2 is 1.96 bits per heavy atom. The maximum absolute atomic E-state index is 12.5. The van der Waals surface area contributed by atoms with Gasteiger partial charge in [-0.3, -0.25) is 4.79 Å². The Bertz CT molecular complexity index is 843. The van der Waals surface area contributed by atoms with Crippen LogP contribution in [0.1, 0.15) is 21.5 Å². The molecule has 142 valence electrons. The number of likely N-dealkylation sites (N-methyl/N-ethyl adjacent to an activating group) is 1. The quantitative estimate of drug-likeness (QED) is 0.570. The molecule has 0 bridgehead atoms. The van der Waals surface area contributed by atoms with Crippen LogP contribution >= 0.6 is 0 Å². The highest BCUT2D eigenvalue weighted by Gasteiger charge is 2.24. The summed E-state index contributed by atoms with van der Waals surface area (Å²) in [5.74, 6) is 2.42. The Morgan fingerprint density at radius 3 is 2.63 bits per heavy atom. The van der Waals surface area contributed by atoms with E-state index in [-0.39, 0.29) is 12.6 Å². The van der Waals surface area contributed by atoms with Gasteiger partial charge in [0.25, 0.3) is 0 Å². The Morgan fingerprint density at radius 1 is 1.19 bits per heavy atom. The molecule has 6 heteroatoms. The summed E-state index contributed by atoms with van der Waals surface area (Å²) in [5, 5.41) is 3.13. The van der Waals surface area contributed by atoms with Crippen LogP contribution in [0.25, 0.3) is 6.08 Å². The van der Waals surface area contributed by atoms with Gasteiger partial charge in [-0.15, -0.1) is 0 Å². The Kier molecular flexibility index (Phi) is 5.98. The molecule has 1 aliphatic heterocycles. The van der Waals surface area contributed by atoms with Crippen molar-refractivity contribution in [2.45, 2.75) is 6.42 Å². The van der Waals surface area contributed by atoms with Crippen molar-refractivity contribution in [2.75, 3.05) is 34.6 Å². The van der Waals surface area contributed by atoms with Gasteiger partial charge in [0.15, 0.2) is 17.3 Å². The lowest BCUT2D eigenvalue weighted by atomic mass is 10.00. The molecule has 0 unspecified atom stereocenters. The van der Waals surface area contributed by atoms with E-state index in [1.165, 1.54) is 0 Å². The molecule has 6 nitrogen and oxygen atoms in total. The van der Waals surface area contributed by atoms with E-state index in [0.717, 1.165) is 24.1 Å². The Balaban J connectivity index is 1.93. The first kappa shape index (κ1) is 18.8. The van der Waals surface area contributed by atoms with Crippen molar-refractivity contribution in [3.63, 3.8) is 0 Å². The number of rotatable bonds is 8. The van der Waals surface area contributed by atoms with Gasteiger partial charge in [0, 0.05) is 11.1 Å². The average Bonchev–Trinajstić information content (AvgIpc) is 3.17. The second-order valence-corrected chi connectivity index (χ2v) is 6.00. The minimum absolute atomic E-state index is 0.100. The van der Waals surface area contributed by atoms with Crippen LogP contribution in [-0.4, -0.2) is 40.4 Å². The fourth-order valence-electron chi connectivity index (χ4n) is 2.94. The van der Waals surface area contributed by atoms with Crippen molar-refractivity contribution in [2.24, 2.45) is 0 Å². The predicted octanol–water partition coefficient (Wildman–Crippen LogP) is 3.09. The number of methoxy groups -OCH3 is 2. The van der Waals surface area contributed by atoms with Crippen LogP contribution < -0.4 is 24.3 Å². The number of fused-ring (bicyclic) bond motifs is 1. The summed E-state index contributed by atoms with van der Waals surface area (Å²) in [4.78, 5) is 12.5. The fourth-order valence-corrected chi connectivity index (χ4v) is 2.94. The zero-order chi connectivity index (χ0) is 19.2. The first-order chi connectivity index (χ1) is 13.2. The number of hydrogen-bond acceptors (Lipinski definition) is 6. The first-order valence-corrected chi connectivity index (χ1v) is 8.68. The summed E-state index contributed by atoms with van der Waals surface area (Å²) in [7, 11) is 5.07. The van der Waals surface area contributed by atoms with Gasteiger partial charge in [0.05, 0.1) is 14.2 Å². The van der Waals surface area contributed by atoms with E-state index < -0.39 is 0 Å². The molecule has 27 heavy (non-hydrogen) atoms. The monoisotopic (exact) mass is 369 g/mol. The van der Waals surface area contributed by atoms with E-state index in [0.29, 0.717) is 28.6 Å². The third-order valence-corrected chi connectivity index (χ3v) is 4.37. The molecule has 0 radical (unpaired) electrons. The molecule has 0 saturated carbocycles. The Hall–Kier alpha value is -2.99. The smallest absolute Gasteiger partial charge is 0.231 e. The lowest BCUT2D eigenvalue weighted by Gasteiger charge is -2.14. The molecule has 0 atom stereocenters. The SMILES string of the molecule is CNCCc1cc2c(c(OC)c1/C=C/C(=O)c1ccc(OC)cc1)OCO2. The second-order valence-electron chi connectivity index (χ2n) is 6.00. The van der Waals surface area contributed by atoms with Crippen molar-refractivity contribution in [1.29, 1.82) is 0 Å². The number of ether oxygens (including phenoxy) is 4. The summed E-state index contributed by atoms with van der Waals surface area (Å²) in [5.41, 5.74) is 2.42. The van der Waals surface area contributed by atoms with Crippen LogP contribution in [0, 0.1) is 0 Å². The van der Waals surface area contributed by atoms with Crippen LogP contribution in [-0.2, 0) is 6.42 Å². The number of allylic oxidation sites excluding steroid dienone is 1. The highest BCUT2D eigenvalue weighted by atomic mass is 16.7. The minimum Gasteiger partial charge on any atom is -0.497 e. The van der Waals surface area contributed by atoms with Crippen LogP contribution in [0.2, 0.25) is 0 Å². The van der Waals surface area contributed by atoms with Gasteiger partial charge in [-0.05, 0) is 68.1 Å². The molecule has 0 amide bonds. The number of carbonyl (C=O) groups excluding carboxylic acids is 1. The summed E-state index contributed by atoms with van der Waals surface area (Å²) in [6, 6.07) is 8.95. The van der Waals surface area contributed by atoms with E-state index in [2.05, 4.69) is 5.32 Å². The molecule has 0 saturated heterocycles. The van der Waals surface area contributed by atoms with Crippen LogP contribution in [0.5, 0.6) is 23.0 Å². The number of carbonyl (C=O) groups is 1. The molecular weight excluding hydrogens is 346 g/mol. The van der Waals surface area contributed by atoms with Gasteiger partial charge in [-0.2, -0.15) is 0 Å². The van der Waals surface area contributed by atoms with E-state index >= 15 is 0 Å². The molecule has 2 aromatic carbocycles. The zero-order valence-electron chi connectivity index (χ0n) is 15.7. The van der Waals surface area contributed by atoms with Crippen molar-refractivity contribution >= 4 is 11.9 Å². The molecule has 1 N–H and O–H groups in total. The Labute approximate surface area is 158 Å². The van der Waals surface area contributed by atoms with E-state index in [1.54, 1.807) is 50.6 Å². The molecule has 1 aliphatic rings. The molecular formula is C21H23NO5. The van der Waals surface area contributed by atoms with Gasteiger partial charge in [-0.25, -0.2) is 0 Å². The van der Waals surface area contributed by atoms with Gasteiger partial charge >= 0.3 is 0 Å². The molecule has 0 spiro atoms. The highest BCUT2D eigenvalue weighted by Crippen LogP contribution is 2.45. The maximum Gasteiger partial charge on any atom is 0.231 e. The van der Waals surface area contributed by atoms with Crippen molar-refractivity contribution in [3.8, 4) is 23.0 Å². The highest BCUT2D eigenvalue weighted by molar-refractivity contribution is 6.07. The molecule has 0 aliphatic carbocycles. The first-order valence-electron chi connectivity index (χ1n) is 8.68. The maximum atomic E-state index is 12.5. The third-order valence-electron chi connectivity index (χ3n) is 4.37. The fraction of sp³-hybridized carbons (Fsp3) is 0.286. The summed E-state index contributed by atoms with van der Waals surface area (Å²) in [6.07, 6.45) is 4.09. The molecule has 0 aromatic heterocycles. The number of nitrogens with one attached hydrogen (secondary N) is 1. The zero-order valence-corrected chi connectivity index (χ0v) is 15.7. The standard InChI is InChI=1S/C21H23NO5/c1-22-11-10-15-12-19-21(27-13-26-19)20(25-3)17(15)8-9-18(23)14-4-6-16(24-2)7-5-14/h4-9,12,22H,10-11,13H2,1-3H3/b9-8+. The topological polar surface area (TPSA) is 66.0 Å². The summed E-state index contributed by atoms with van der Waals surface area (Å²) < 4.78 is 21.7. The minimum atomic E-state index is -0.100. The lowest BCUT2D eigenvalue weighted by Crippen LogP contribution is -2.11. The predicted molar refractivity (Wildman–Crippen MR) is 103 cm³/mol. The number of hydrogen-bond donors (Lipinski definition) is 1. The number of ketones is 1. The van der Waals surface area contributed by atoms with Crippen LogP contribution in [0.4, 0.5) is 0 Å². The lowest BCUT2D eigenvalue weighted by molar-refractivity contribution is 0.104. The van der Waals surface area contributed by atoms with Crippen LogP contribution in [0.15, 0.2) is 36.4 Å². The second kappa shape index (κ2) is 8.60. The van der Waals surface area contributed by atoms with Gasteiger partial charge in [0.2, 0.25) is 12.5 Å². The number of benzene rings is 2. The van der Waals surface area contributed by atoms with Crippen molar-refractivity contribution < 1.29 is 23.7 Å². The molecule has 1 heterocycles. The van der Waals surface area contributed by atoms with Gasteiger partial charge < -0.3 is 24.3 Å². The largest absolute Gasteiger partial charge is 0.497 e. The normalized spacial score (nSPS) is 12.4. The van der Waals surface area contributed by atoms with E-state index in [9.17, 15) is 4.79 Å². The average molecular weight is 369 g/mol. The molecule has 2 aromatic rings. The molecule has 0 fully saturated rings. The van der Waals surface area contributed by atoms with E-state index in [1.807, 2.05) is 13.1 Å². The third kappa shape index (κ3) is 4.06. The van der Waals surface area contributed by atoms with Gasteiger partial charge in [0.1, 0.15) is 5.75 Å².